The Labute approximate surface area is 310 Å². The number of halogens is 4. The summed E-state index contributed by atoms with van der Waals surface area (Å²) in [5.74, 6) is -7.98. The molecule has 3 aromatic rings. The Balaban J connectivity index is 1.67. The van der Waals surface area contributed by atoms with E-state index in [1.54, 1.807) is 20.8 Å². The summed E-state index contributed by atoms with van der Waals surface area (Å²) < 4.78 is 92.3. The fourth-order valence-corrected chi connectivity index (χ4v) is 7.56. The van der Waals surface area contributed by atoms with Gasteiger partial charge in [0.05, 0.1) is 18.0 Å². The summed E-state index contributed by atoms with van der Waals surface area (Å²) in [6.45, 7) is 4.71. The van der Waals surface area contributed by atoms with E-state index < -0.39 is 99.3 Å². The summed E-state index contributed by atoms with van der Waals surface area (Å²) in [5, 5.41) is 23.3. The maximum Gasteiger partial charge on any atom is 0.410 e. The lowest BCUT2D eigenvalue weighted by Gasteiger charge is -2.33. The Morgan fingerprint density at radius 1 is 1.02 bits per heavy atom. The number of hydrogen-bond donors (Lipinski definition) is 3. The van der Waals surface area contributed by atoms with E-state index in [-0.39, 0.29) is 35.1 Å². The van der Waals surface area contributed by atoms with Crippen LogP contribution in [0.3, 0.4) is 0 Å². The molecule has 0 aliphatic heterocycles. The van der Waals surface area contributed by atoms with Crippen LogP contribution in [0, 0.1) is 23.3 Å². The summed E-state index contributed by atoms with van der Waals surface area (Å²) in [4.78, 5) is 34.7. The molecule has 1 fully saturated rings. The van der Waals surface area contributed by atoms with Crippen molar-refractivity contribution in [2.45, 2.75) is 94.4 Å². The van der Waals surface area contributed by atoms with Crippen LogP contribution in [0.4, 0.5) is 22.4 Å². The van der Waals surface area contributed by atoms with Gasteiger partial charge in [-0.2, -0.15) is 0 Å². The van der Waals surface area contributed by atoms with Gasteiger partial charge in [0, 0.05) is 42.1 Å². The highest BCUT2D eigenvalue weighted by molar-refractivity contribution is 7.90. The van der Waals surface area contributed by atoms with Gasteiger partial charge in [0.2, 0.25) is 10.0 Å². The fourth-order valence-electron chi connectivity index (χ4n) is 5.95. The Morgan fingerprint density at radius 2 is 1.65 bits per heavy atom. The van der Waals surface area contributed by atoms with Crippen LogP contribution in [-0.2, 0) is 32.4 Å². The average molecular weight is 779 g/mol. The average Bonchev–Trinajstić information content (AvgIpc) is 3.90. The molecule has 0 saturated heterocycles. The summed E-state index contributed by atoms with van der Waals surface area (Å²) in [7, 11) is -3.91. The van der Waals surface area contributed by atoms with Crippen molar-refractivity contribution in [1.82, 2.24) is 14.6 Å². The minimum absolute atomic E-state index is 0.0208. The van der Waals surface area contributed by atoms with E-state index in [1.165, 1.54) is 18.3 Å². The van der Waals surface area contributed by atoms with Crippen LogP contribution < -0.4 is 4.72 Å². The number of ketones is 1. The number of pyridine rings is 1. The number of carbonyl (C=O) groups excluding carboxylic acids is 2. The zero-order valence-corrected chi connectivity index (χ0v) is 30.9. The summed E-state index contributed by atoms with van der Waals surface area (Å²) in [6.07, 6.45) is 0.921. The second-order valence-corrected chi connectivity index (χ2v) is 16.5. The van der Waals surface area contributed by atoms with Gasteiger partial charge < -0.3 is 19.8 Å². The minimum Gasteiger partial charge on any atom is -0.444 e. The maximum atomic E-state index is 15.5. The zero-order chi connectivity index (χ0) is 40.0. The molecule has 0 bridgehead atoms. The van der Waals surface area contributed by atoms with Crippen LogP contribution in [-0.4, -0.2) is 82.2 Å². The molecule has 1 amide bonds. The third-order valence-corrected chi connectivity index (χ3v) is 10.4. The number of nitrogens with zero attached hydrogens (tertiary/aromatic N) is 5. The highest BCUT2D eigenvalue weighted by atomic mass is 32.2. The first kappa shape index (κ1) is 42.1. The number of carbonyl (C=O) groups is 2. The van der Waals surface area contributed by atoms with Crippen LogP contribution in [0.1, 0.15) is 75.1 Å². The van der Waals surface area contributed by atoms with Crippen molar-refractivity contribution in [2.24, 2.45) is 5.11 Å². The van der Waals surface area contributed by atoms with Gasteiger partial charge >= 0.3 is 6.09 Å². The number of aromatic nitrogens is 1. The normalized spacial score (nSPS) is 15.1. The molecular formula is C36H42F4N6O7S. The van der Waals surface area contributed by atoms with Crippen molar-refractivity contribution in [3.05, 3.63) is 111 Å². The summed E-state index contributed by atoms with van der Waals surface area (Å²) in [6, 6.07) is 4.38. The van der Waals surface area contributed by atoms with Gasteiger partial charge in [0.1, 0.15) is 40.7 Å². The van der Waals surface area contributed by atoms with Crippen LogP contribution in [0.25, 0.3) is 10.4 Å². The maximum absolute atomic E-state index is 15.5. The molecule has 0 unspecified atom stereocenters. The van der Waals surface area contributed by atoms with E-state index in [4.69, 9.17) is 4.74 Å². The molecule has 18 heteroatoms. The molecular weight excluding hydrogens is 736 g/mol. The molecule has 2 aromatic carbocycles. The van der Waals surface area contributed by atoms with Crippen molar-refractivity contribution in [3.63, 3.8) is 0 Å². The van der Waals surface area contributed by atoms with E-state index >= 15 is 4.39 Å². The number of nitrogens with one attached hydrogen (secondary N) is 1. The van der Waals surface area contributed by atoms with E-state index in [0.29, 0.717) is 18.9 Å². The monoisotopic (exact) mass is 778 g/mol. The van der Waals surface area contributed by atoms with Crippen LogP contribution in [0.5, 0.6) is 0 Å². The number of amides is 1. The summed E-state index contributed by atoms with van der Waals surface area (Å²) >= 11 is 0. The Kier molecular flexibility index (Phi) is 13.5. The zero-order valence-electron chi connectivity index (χ0n) is 30.0. The molecule has 54 heavy (non-hydrogen) atoms. The van der Waals surface area contributed by atoms with Crippen molar-refractivity contribution < 1.29 is 50.5 Å². The molecule has 3 atom stereocenters. The van der Waals surface area contributed by atoms with Gasteiger partial charge in [-0.3, -0.25) is 9.78 Å². The van der Waals surface area contributed by atoms with Gasteiger partial charge in [-0.15, -0.1) is 0 Å². The number of rotatable bonds is 17. The number of sulfonamides is 1. The number of azide groups is 1. The van der Waals surface area contributed by atoms with Crippen molar-refractivity contribution >= 4 is 21.9 Å². The van der Waals surface area contributed by atoms with Gasteiger partial charge in [-0.05, 0) is 105 Å². The molecule has 1 saturated carbocycles. The molecule has 1 aliphatic rings. The summed E-state index contributed by atoms with van der Waals surface area (Å²) in [5.41, 5.74) is 8.53. The molecule has 0 spiro atoms. The topological polar surface area (TPSA) is 195 Å². The predicted octanol–water partition coefficient (Wildman–Crippen LogP) is 5.58. The first-order valence-electron chi connectivity index (χ1n) is 17.0. The highest BCUT2D eigenvalue weighted by Crippen LogP contribution is 2.33. The standard InChI is InChI=1S/C36H42F4N6O7S/c1-35(2,3)53-34(48)46(20-36(4,49)50)19-27(44-54(51,52)28-10-11-28)9-12-29-23(17-42-18-30(29)40)15-31(47)33(43-45-41)32(21-5-7-24(37)8-6-21)22-13-25(38)16-26(39)14-22/h5-8,13-14,16-18,27-28,32-33,44,49-50H,9-12,15,19-20H2,1-4H3/t27-,32-,33+/m0/s1. The largest absolute Gasteiger partial charge is 0.444 e. The van der Waals surface area contributed by atoms with Gasteiger partial charge in [-0.1, -0.05) is 17.2 Å². The number of ether oxygens (including phenoxy) is 1. The molecule has 1 aliphatic carbocycles. The van der Waals surface area contributed by atoms with E-state index in [9.17, 15) is 46.9 Å². The van der Waals surface area contributed by atoms with E-state index in [1.807, 2.05) is 0 Å². The van der Waals surface area contributed by atoms with Gasteiger partial charge in [0.15, 0.2) is 5.79 Å². The Hall–Kier alpha value is -4.61. The molecule has 1 aromatic heterocycles. The Bertz CT molecular complexity index is 1960. The lowest BCUT2D eigenvalue weighted by molar-refractivity contribution is -0.157. The van der Waals surface area contributed by atoms with Crippen molar-refractivity contribution in [2.75, 3.05) is 13.1 Å². The predicted molar refractivity (Wildman–Crippen MR) is 188 cm³/mol. The fraction of sp³-hybridized carbons (Fsp3) is 0.472. The first-order valence-corrected chi connectivity index (χ1v) is 18.5. The first-order chi connectivity index (χ1) is 25.2. The molecule has 13 nitrogen and oxygen atoms in total. The second-order valence-electron chi connectivity index (χ2n) is 14.5. The lowest BCUT2D eigenvalue weighted by atomic mass is 9.82. The molecule has 3 N–H and O–H groups in total. The quantitative estimate of drug-likeness (QED) is 0.0519. The van der Waals surface area contributed by atoms with Crippen molar-refractivity contribution in [3.8, 4) is 0 Å². The third-order valence-electron chi connectivity index (χ3n) is 8.37. The minimum atomic E-state index is -3.91. The third kappa shape index (κ3) is 12.2. The van der Waals surface area contributed by atoms with Crippen LogP contribution in [0.2, 0.25) is 0 Å². The number of benzene rings is 2. The van der Waals surface area contributed by atoms with Crippen molar-refractivity contribution in [1.29, 1.82) is 0 Å². The number of Topliss-reactive ketones (excluding diaryl/α,β-unsaturated/α-hetero) is 1. The molecule has 292 valence electrons. The van der Waals surface area contributed by atoms with Crippen LogP contribution >= 0.6 is 0 Å². The molecule has 4 rings (SSSR count). The van der Waals surface area contributed by atoms with Gasteiger partial charge in [0.25, 0.3) is 0 Å². The van der Waals surface area contributed by atoms with Crippen LogP contribution in [0.15, 0.2) is 60.0 Å². The second kappa shape index (κ2) is 17.2. The smallest absolute Gasteiger partial charge is 0.410 e. The van der Waals surface area contributed by atoms with Gasteiger partial charge in [-0.25, -0.2) is 35.5 Å². The van der Waals surface area contributed by atoms with E-state index in [0.717, 1.165) is 42.3 Å². The molecule has 1 heterocycles. The SMILES string of the molecule is CC(O)(O)CN(C[C@H](CCc1c(F)cncc1CC(=O)[C@@H](N=[N+]=[N-])[C@@H](c1ccc(F)cc1)c1cc(F)cc(F)c1)NS(=O)(=O)C1CC1)C(=O)OC(C)(C)C. The lowest BCUT2D eigenvalue weighted by Crippen LogP contribution is -2.52. The highest BCUT2D eigenvalue weighted by Gasteiger charge is 2.39. The molecule has 0 radical (unpaired) electrons. The Morgan fingerprint density at radius 3 is 2.20 bits per heavy atom. The number of aliphatic hydroxyl groups is 2. The van der Waals surface area contributed by atoms with E-state index in [2.05, 4.69) is 19.7 Å². The number of hydrogen-bond acceptors (Lipinski definition) is 9.